The number of hydrogen-bond donors (Lipinski definition) is 0. The van der Waals surface area contributed by atoms with Gasteiger partial charge in [-0.15, -0.1) is 0 Å². The average molecular weight is 611 g/mol. The van der Waals surface area contributed by atoms with Crippen LogP contribution in [0.4, 0.5) is 0 Å². The van der Waals surface area contributed by atoms with E-state index < -0.39 is 0 Å². The van der Waals surface area contributed by atoms with Gasteiger partial charge in [-0.1, -0.05) is 133 Å². The Morgan fingerprint density at radius 1 is 0.271 bits per heavy atom. The molecule has 224 valence electrons. The summed E-state index contributed by atoms with van der Waals surface area (Å²) in [4.78, 5) is 8.58. The Balaban J connectivity index is 1.31. The molecule has 0 bridgehead atoms. The van der Waals surface area contributed by atoms with Gasteiger partial charge in [-0.3, -0.25) is 9.97 Å². The van der Waals surface area contributed by atoms with Gasteiger partial charge in [-0.25, -0.2) is 0 Å². The van der Waals surface area contributed by atoms with Crippen molar-refractivity contribution in [3.8, 4) is 55.6 Å². The van der Waals surface area contributed by atoms with E-state index in [1.165, 1.54) is 71.3 Å². The van der Waals surface area contributed by atoms with E-state index in [1.807, 2.05) is 30.9 Å². The van der Waals surface area contributed by atoms with Crippen LogP contribution in [0.25, 0.3) is 88.0 Å². The van der Waals surface area contributed by atoms with E-state index in [-0.39, 0.29) is 0 Å². The zero-order valence-electron chi connectivity index (χ0n) is 26.2. The molecule has 0 unspecified atom stereocenters. The van der Waals surface area contributed by atoms with Gasteiger partial charge in [0.1, 0.15) is 0 Å². The third-order valence-corrected chi connectivity index (χ3v) is 9.48. The molecule has 0 saturated carbocycles. The minimum absolute atomic E-state index is 1.12. The van der Waals surface area contributed by atoms with Crippen molar-refractivity contribution in [1.82, 2.24) is 9.97 Å². The van der Waals surface area contributed by atoms with Crippen LogP contribution in [0, 0.1) is 0 Å². The minimum atomic E-state index is 1.12. The fraction of sp³-hybridized carbons (Fsp3) is 0. The highest BCUT2D eigenvalue weighted by atomic mass is 14.6. The van der Waals surface area contributed by atoms with Crippen LogP contribution in [0.3, 0.4) is 0 Å². The van der Waals surface area contributed by atoms with Crippen molar-refractivity contribution in [3.05, 3.63) is 183 Å². The zero-order chi connectivity index (χ0) is 31.9. The number of aromatic nitrogens is 2. The van der Waals surface area contributed by atoms with Crippen molar-refractivity contribution in [2.45, 2.75) is 0 Å². The summed E-state index contributed by atoms with van der Waals surface area (Å²) < 4.78 is 0. The summed E-state index contributed by atoms with van der Waals surface area (Å²) in [5.41, 5.74) is 12.0. The van der Waals surface area contributed by atoms with Crippen LogP contribution in [0.1, 0.15) is 0 Å². The lowest BCUT2D eigenvalue weighted by Crippen LogP contribution is -1.93. The van der Waals surface area contributed by atoms with E-state index in [4.69, 9.17) is 0 Å². The second-order valence-corrected chi connectivity index (χ2v) is 12.2. The van der Waals surface area contributed by atoms with Gasteiger partial charge in [-0.2, -0.15) is 0 Å². The smallest absolute Gasteiger partial charge is 0.0346 e. The third-order valence-electron chi connectivity index (χ3n) is 9.48. The van der Waals surface area contributed by atoms with Crippen molar-refractivity contribution in [2.75, 3.05) is 0 Å². The minimum Gasteiger partial charge on any atom is -0.265 e. The number of benzene rings is 7. The highest BCUT2D eigenvalue weighted by molar-refractivity contribution is 6.24. The fourth-order valence-electron chi connectivity index (χ4n) is 7.25. The van der Waals surface area contributed by atoms with Crippen molar-refractivity contribution in [3.63, 3.8) is 0 Å². The van der Waals surface area contributed by atoms with Crippen LogP contribution in [0.5, 0.6) is 0 Å². The predicted octanol–water partition coefficient (Wildman–Crippen LogP) is 12.3. The van der Waals surface area contributed by atoms with Crippen molar-refractivity contribution >= 4 is 32.3 Å². The molecule has 7 aromatic carbocycles. The van der Waals surface area contributed by atoms with Gasteiger partial charge in [0.25, 0.3) is 0 Å². The Bertz CT molecular complexity index is 2520. The lowest BCUT2D eigenvalue weighted by atomic mass is 9.83. The topological polar surface area (TPSA) is 25.8 Å². The Morgan fingerprint density at radius 3 is 1.50 bits per heavy atom. The zero-order valence-corrected chi connectivity index (χ0v) is 26.2. The van der Waals surface area contributed by atoms with E-state index in [9.17, 15) is 0 Å². The molecule has 0 N–H and O–H groups in total. The molecule has 0 saturated heterocycles. The highest BCUT2D eigenvalue weighted by Crippen LogP contribution is 2.47. The van der Waals surface area contributed by atoms with Crippen LogP contribution in [-0.4, -0.2) is 9.97 Å². The van der Waals surface area contributed by atoms with Crippen molar-refractivity contribution < 1.29 is 0 Å². The molecule has 0 amide bonds. The fourth-order valence-corrected chi connectivity index (χ4v) is 7.25. The molecule has 2 heteroatoms. The summed E-state index contributed by atoms with van der Waals surface area (Å²) in [6.07, 6.45) is 7.46. The van der Waals surface area contributed by atoms with E-state index in [2.05, 4.69) is 162 Å². The summed E-state index contributed by atoms with van der Waals surface area (Å²) in [5, 5.41) is 7.45. The molecule has 0 aliphatic carbocycles. The second kappa shape index (κ2) is 11.8. The molecular formula is C46H30N2. The first kappa shape index (κ1) is 27.9. The van der Waals surface area contributed by atoms with E-state index >= 15 is 0 Å². The second-order valence-electron chi connectivity index (χ2n) is 12.2. The molecule has 0 aliphatic heterocycles. The first-order valence-electron chi connectivity index (χ1n) is 16.3. The van der Waals surface area contributed by atoms with Gasteiger partial charge in [0.15, 0.2) is 0 Å². The SMILES string of the molecule is c1ccc(-c2ccc(-c3c4ccccc4c(-c4ccc(-c5cccnc5)cc4)c4ccccc34)c3ccc(-c4ccncc4)cc23)cc1. The quantitative estimate of drug-likeness (QED) is 0.181. The van der Waals surface area contributed by atoms with Gasteiger partial charge < -0.3 is 0 Å². The molecule has 9 aromatic rings. The van der Waals surface area contributed by atoms with Gasteiger partial charge in [-0.05, 0) is 112 Å². The normalized spacial score (nSPS) is 11.3. The summed E-state index contributed by atoms with van der Waals surface area (Å²) in [7, 11) is 0. The van der Waals surface area contributed by atoms with Gasteiger partial charge in [0, 0.05) is 24.8 Å². The number of rotatable bonds is 5. The molecule has 0 aliphatic rings. The molecule has 0 fully saturated rings. The maximum absolute atomic E-state index is 4.32. The van der Waals surface area contributed by atoms with Crippen LogP contribution < -0.4 is 0 Å². The summed E-state index contributed by atoms with van der Waals surface area (Å²) in [6, 6.07) is 57.2. The van der Waals surface area contributed by atoms with Crippen LogP contribution >= 0.6 is 0 Å². The Labute approximate surface area is 279 Å². The molecule has 48 heavy (non-hydrogen) atoms. The van der Waals surface area contributed by atoms with Crippen LogP contribution in [-0.2, 0) is 0 Å². The lowest BCUT2D eigenvalue weighted by Gasteiger charge is -2.20. The maximum atomic E-state index is 4.32. The Hall–Kier alpha value is -6.38. The van der Waals surface area contributed by atoms with E-state index in [0.717, 1.165) is 16.7 Å². The number of hydrogen-bond acceptors (Lipinski definition) is 2. The standard InChI is InChI=1S/C46H30N2/c1-2-9-33(10-3-1)37-22-23-43(38-21-20-35(29-44(37)38)32-24-27-47-28-25-32)46-41-14-6-4-12-39(41)45(40-13-5-7-15-42(40)46)34-18-16-31(17-19-34)36-11-8-26-48-30-36/h1-30H. The first-order valence-corrected chi connectivity index (χ1v) is 16.3. The molecule has 0 radical (unpaired) electrons. The van der Waals surface area contributed by atoms with Crippen LogP contribution in [0.2, 0.25) is 0 Å². The molecule has 0 atom stereocenters. The van der Waals surface area contributed by atoms with Crippen molar-refractivity contribution in [1.29, 1.82) is 0 Å². The maximum Gasteiger partial charge on any atom is 0.0346 e. The largest absolute Gasteiger partial charge is 0.265 e. The molecular weight excluding hydrogens is 581 g/mol. The predicted molar refractivity (Wildman–Crippen MR) is 202 cm³/mol. The van der Waals surface area contributed by atoms with Crippen LogP contribution in [0.15, 0.2) is 183 Å². The number of pyridine rings is 2. The van der Waals surface area contributed by atoms with Gasteiger partial charge in [0.2, 0.25) is 0 Å². The monoisotopic (exact) mass is 610 g/mol. The Morgan fingerprint density at radius 2 is 0.833 bits per heavy atom. The highest BCUT2D eigenvalue weighted by Gasteiger charge is 2.19. The van der Waals surface area contributed by atoms with Gasteiger partial charge in [0.05, 0.1) is 0 Å². The number of fused-ring (bicyclic) bond motifs is 3. The van der Waals surface area contributed by atoms with E-state index in [1.54, 1.807) is 0 Å². The first-order chi connectivity index (χ1) is 23.8. The average Bonchev–Trinajstić information content (AvgIpc) is 3.17. The molecule has 2 aromatic heterocycles. The molecule has 2 heterocycles. The van der Waals surface area contributed by atoms with Crippen molar-refractivity contribution in [2.24, 2.45) is 0 Å². The third kappa shape index (κ3) is 4.74. The van der Waals surface area contributed by atoms with E-state index in [0.29, 0.717) is 0 Å². The molecule has 9 rings (SSSR count). The van der Waals surface area contributed by atoms with Gasteiger partial charge >= 0.3 is 0 Å². The summed E-state index contributed by atoms with van der Waals surface area (Å²) in [6.45, 7) is 0. The number of nitrogens with zero attached hydrogens (tertiary/aromatic N) is 2. The summed E-state index contributed by atoms with van der Waals surface area (Å²) >= 11 is 0. The molecule has 2 nitrogen and oxygen atoms in total. The lowest BCUT2D eigenvalue weighted by molar-refractivity contribution is 1.33. The Kier molecular flexibility index (Phi) is 6.84. The molecule has 0 spiro atoms. The summed E-state index contributed by atoms with van der Waals surface area (Å²) in [5.74, 6) is 0.